The van der Waals surface area contributed by atoms with E-state index in [0.29, 0.717) is 6.42 Å². The molecule has 1 atom stereocenters. The largest absolute Gasteiger partial charge is 0.410 e. The van der Waals surface area contributed by atoms with Crippen molar-refractivity contribution in [2.75, 3.05) is 6.61 Å². The van der Waals surface area contributed by atoms with Crippen LogP contribution in [-0.4, -0.2) is 31.1 Å². The van der Waals surface area contributed by atoms with E-state index in [1.54, 1.807) is 11.3 Å². The Bertz CT molecular complexity index is 489. The van der Waals surface area contributed by atoms with E-state index >= 15 is 0 Å². The third-order valence-corrected chi connectivity index (χ3v) is 9.43. The second-order valence-electron chi connectivity index (χ2n) is 7.06. The van der Waals surface area contributed by atoms with E-state index in [2.05, 4.69) is 57.2 Å². The van der Waals surface area contributed by atoms with Crippen molar-refractivity contribution in [3.05, 3.63) is 21.7 Å². The van der Waals surface area contributed by atoms with Crippen molar-refractivity contribution in [2.45, 2.75) is 65.3 Å². The maximum atomic E-state index is 9.35. The third kappa shape index (κ3) is 5.33. The Balaban J connectivity index is 2.93. The maximum absolute atomic E-state index is 9.35. The summed E-state index contributed by atoms with van der Waals surface area (Å²) in [4.78, 5) is 4.47. The predicted molar refractivity (Wildman–Crippen MR) is 94.3 cm³/mol. The normalized spacial score (nSPS) is 15.3. The van der Waals surface area contributed by atoms with Gasteiger partial charge in [-0.2, -0.15) is 0 Å². The summed E-state index contributed by atoms with van der Waals surface area (Å²) in [5.74, 6) is 0. The first kappa shape index (κ1) is 18.6. The van der Waals surface area contributed by atoms with Crippen LogP contribution in [0.3, 0.4) is 0 Å². The Kier molecular flexibility index (Phi) is 6.34. The van der Waals surface area contributed by atoms with Gasteiger partial charge in [-0.3, -0.25) is 0 Å². The lowest BCUT2D eigenvalue weighted by atomic mass is 10.1. The van der Waals surface area contributed by atoms with Gasteiger partial charge in [-0.1, -0.05) is 20.8 Å². The quantitative estimate of drug-likeness (QED) is 0.775. The van der Waals surface area contributed by atoms with Crippen LogP contribution in [0.4, 0.5) is 0 Å². The predicted octanol–water partition coefficient (Wildman–Crippen LogP) is 4.63. The molecule has 3 nitrogen and oxygen atoms in total. The summed E-state index contributed by atoms with van der Waals surface area (Å²) in [6, 6.07) is 0. The Hall–Kier alpha value is -0.493. The molecule has 1 aromatic rings. The van der Waals surface area contributed by atoms with Crippen LogP contribution in [0.25, 0.3) is 6.08 Å². The van der Waals surface area contributed by atoms with Gasteiger partial charge in [0.2, 0.25) is 0 Å². The minimum absolute atomic E-state index is 0.0297. The van der Waals surface area contributed by atoms with Gasteiger partial charge in [-0.15, -0.1) is 11.3 Å². The fraction of sp³-hybridized carbons (Fsp3) is 0.688. The highest BCUT2D eigenvalue weighted by molar-refractivity contribution is 7.09. The number of aliphatic hydroxyl groups is 1. The third-order valence-electron chi connectivity index (χ3n) is 4.15. The highest BCUT2D eigenvalue weighted by Crippen LogP contribution is 2.38. The fourth-order valence-electron chi connectivity index (χ4n) is 1.80. The summed E-state index contributed by atoms with van der Waals surface area (Å²) in [6.45, 7) is 15.4. The molecule has 1 N–H and O–H groups in total. The zero-order valence-corrected chi connectivity index (χ0v) is 16.2. The van der Waals surface area contributed by atoms with Gasteiger partial charge in [0.05, 0.1) is 16.8 Å². The first-order valence-corrected chi connectivity index (χ1v) is 11.2. The van der Waals surface area contributed by atoms with Crippen molar-refractivity contribution in [3.63, 3.8) is 0 Å². The van der Waals surface area contributed by atoms with E-state index in [9.17, 15) is 5.11 Å². The fourth-order valence-corrected chi connectivity index (χ4v) is 3.74. The maximum Gasteiger partial charge on any atom is 0.192 e. The molecule has 0 amide bonds. The first-order chi connectivity index (χ1) is 9.56. The standard InChI is InChI=1S/C16H29NO2SSi/c1-12(10-14-11-20-13(2)17-14)15(8-9-18)19-21(6,7)16(3,4)5/h10-11,15,18H,8-9H2,1-7H3/b12-10+/t15-/m1/s1. The van der Waals surface area contributed by atoms with E-state index in [1.807, 2.05) is 6.92 Å². The van der Waals surface area contributed by atoms with Gasteiger partial charge in [0.15, 0.2) is 8.32 Å². The molecule has 5 heteroatoms. The number of hydrogen-bond donors (Lipinski definition) is 1. The highest BCUT2D eigenvalue weighted by Gasteiger charge is 2.39. The van der Waals surface area contributed by atoms with Crippen LogP contribution in [0, 0.1) is 6.92 Å². The molecule has 0 aliphatic heterocycles. The van der Waals surface area contributed by atoms with Crippen LogP contribution >= 0.6 is 11.3 Å². The second-order valence-corrected chi connectivity index (χ2v) is 12.9. The molecule has 0 bridgehead atoms. The minimum atomic E-state index is -1.85. The summed E-state index contributed by atoms with van der Waals surface area (Å²) in [5.41, 5.74) is 2.12. The van der Waals surface area contributed by atoms with Crippen LogP contribution < -0.4 is 0 Å². The molecule has 0 fully saturated rings. The van der Waals surface area contributed by atoms with Gasteiger partial charge in [0.1, 0.15) is 0 Å². The lowest BCUT2D eigenvalue weighted by molar-refractivity contribution is 0.166. The van der Waals surface area contributed by atoms with E-state index in [-0.39, 0.29) is 17.7 Å². The summed E-state index contributed by atoms with van der Waals surface area (Å²) >= 11 is 1.65. The molecule has 0 aliphatic carbocycles. The first-order valence-electron chi connectivity index (χ1n) is 7.46. The summed E-state index contributed by atoms with van der Waals surface area (Å²) in [7, 11) is -1.85. The lowest BCUT2D eigenvalue weighted by Crippen LogP contribution is -2.44. The average Bonchev–Trinajstić information content (AvgIpc) is 2.72. The zero-order valence-electron chi connectivity index (χ0n) is 14.4. The van der Waals surface area contributed by atoms with Gasteiger partial charge < -0.3 is 9.53 Å². The number of nitrogens with zero attached hydrogens (tertiary/aromatic N) is 1. The molecule has 1 aromatic heterocycles. The molecule has 0 saturated heterocycles. The van der Waals surface area contributed by atoms with Crippen LogP contribution in [0.5, 0.6) is 0 Å². The summed E-state index contributed by atoms with van der Waals surface area (Å²) < 4.78 is 6.47. The molecular weight excluding hydrogens is 298 g/mol. The number of thiazole rings is 1. The Morgan fingerprint density at radius 1 is 1.48 bits per heavy atom. The van der Waals surface area contributed by atoms with Crippen LogP contribution in [0.2, 0.25) is 18.1 Å². The zero-order chi connectivity index (χ0) is 16.3. The molecule has 120 valence electrons. The molecule has 0 spiro atoms. The Morgan fingerprint density at radius 3 is 2.52 bits per heavy atom. The molecular formula is C16H29NO2SSi. The number of rotatable bonds is 6. The molecule has 0 radical (unpaired) electrons. The summed E-state index contributed by atoms with van der Waals surface area (Å²) in [5, 5.41) is 12.6. The Morgan fingerprint density at radius 2 is 2.10 bits per heavy atom. The highest BCUT2D eigenvalue weighted by atomic mass is 32.1. The average molecular weight is 328 g/mol. The SMILES string of the molecule is C/C(=C\c1csc(C)n1)[C@@H](CCO)O[Si](C)(C)C(C)(C)C. The number of hydrogen-bond acceptors (Lipinski definition) is 4. The number of aryl methyl sites for hydroxylation is 1. The van der Waals surface area contributed by atoms with E-state index < -0.39 is 8.32 Å². The molecule has 0 unspecified atom stereocenters. The van der Waals surface area contributed by atoms with Gasteiger partial charge in [-0.05, 0) is 50.0 Å². The molecule has 21 heavy (non-hydrogen) atoms. The van der Waals surface area contributed by atoms with E-state index in [4.69, 9.17) is 4.43 Å². The Labute approximate surface area is 134 Å². The van der Waals surface area contributed by atoms with Crippen molar-refractivity contribution in [2.24, 2.45) is 0 Å². The van der Waals surface area contributed by atoms with Crippen molar-refractivity contribution in [3.8, 4) is 0 Å². The lowest BCUT2D eigenvalue weighted by Gasteiger charge is -2.39. The topological polar surface area (TPSA) is 42.4 Å². The molecule has 1 rings (SSSR count). The van der Waals surface area contributed by atoms with Gasteiger partial charge in [0.25, 0.3) is 0 Å². The smallest absolute Gasteiger partial charge is 0.192 e. The van der Waals surface area contributed by atoms with Crippen molar-refractivity contribution in [1.29, 1.82) is 0 Å². The van der Waals surface area contributed by atoms with Crippen molar-refractivity contribution >= 4 is 25.7 Å². The van der Waals surface area contributed by atoms with Crippen molar-refractivity contribution < 1.29 is 9.53 Å². The van der Waals surface area contributed by atoms with Gasteiger partial charge in [-0.25, -0.2) is 4.98 Å². The van der Waals surface area contributed by atoms with Gasteiger partial charge in [0, 0.05) is 12.0 Å². The minimum Gasteiger partial charge on any atom is -0.410 e. The monoisotopic (exact) mass is 327 g/mol. The molecule has 0 aliphatic rings. The van der Waals surface area contributed by atoms with Crippen LogP contribution in [0.1, 0.15) is 44.8 Å². The molecule has 0 aromatic carbocycles. The van der Waals surface area contributed by atoms with E-state index in [1.165, 1.54) is 0 Å². The van der Waals surface area contributed by atoms with Crippen LogP contribution in [0.15, 0.2) is 11.0 Å². The van der Waals surface area contributed by atoms with E-state index in [0.717, 1.165) is 16.3 Å². The van der Waals surface area contributed by atoms with Crippen LogP contribution in [-0.2, 0) is 4.43 Å². The number of aliphatic hydroxyl groups excluding tert-OH is 1. The molecule has 0 saturated carbocycles. The second kappa shape index (κ2) is 7.18. The summed E-state index contributed by atoms with van der Waals surface area (Å²) in [6.07, 6.45) is 2.69. The van der Waals surface area contributed by atoms with Gasteiger partial charge >= 0.3 is 0 Å². The molecule has 1 heterocycles. The van der Waals surface area contributed by atoms with Crippen molar-refractivity contribution in [1.82, 2.24) is 4.98 Å². The number of aromatic nitrogens is 1.